The zero-order chi connectivity index (χ0) is 16.6. The summed E-state index contributed by atoms with van der Waals surface area (Å²) >= 11 is 0. The lowest BCUT2D eigenvalue weighted by Crippen LogP contribution is -2.44. The van der Waals surface area contributed by atoms with Gasteiger partial charge in [-0.25, -0.2) is 4.99 Å². The predicted molar refractivity (Wildman–Crippen MR) is 108 cm³/mol. The van der Waals surface area contributed by atoms with Gasteiger partial charge in [0.15, 0.2) is 5.96 Å². The number of carbonyl (C=O) groups excluding carboxylic acids is 1. The van der Waals surface area contributed by atoms with E-state index in [2.05, 4.69) is 29.1 Å². The summed E-state index contributed by atoms with van der Waals surface area (Å²) in [5.41, 5.74) is 1.43. The molecule has 23 heavy (non-hydrogen) atoms. The van der Waals surface area contributed by atoms with Crippen LogP contribution < -0.4 is 10.6 Å². The molecule has 0 aromatic heterocycles. The van der Waals surface area contributed by atoms with Gasteiger partial charge in [-0.05, 0) is 31.6 Å². The Balaban J connectivity index is 0.00000484. The van der Waals surface area contributed by atoms with Crippen LogP contribution in [0.3, 0.4) is 0 Å². The molecule has 0 heterocycles. The second-order valence-corrected chi connectivity index (χ2v) is 6.68. The number of aliphatic imine (C=N–C) groups is 1. The smallest absolute Gasteiger partial charge is 0.243 e. The lowest BCUT2D eigenvalue weighted by atomic mass is 9.83. The monoisotopic (exact) mass is 436 g/mol. The number of nitrogens with one attached hydrogen (secondary N) is 2. The van der Waals surface area contributed by atoms with Gasteiger partial charge in [0.2, 0.25) is 5.91 Å². The molecule has 0 bridgehead atoms. The molecule has 1 rings (SSSR count). The van der Waals surface area contributed by atoms with E-state index in [0.717, 1.165) is 12.1 Å². The Labute approximate surface area is 158 Å². The molecule has 2 N–H and O–H groups in total. The Morgan fingerprint density at radius 1 is 1.26 bits per heavy atom. The fourth-order valence-corrected chi connectivity index (χ4v) is 2.75. The maximum atomic E-state index is 11.7. The second-order valence-electron chi connectivity index (χ2n) is 6.68. The molecule has 0 atom stereocenters. The largest absolute Gasteiger partial charge is 0.356 e. The summed E-state index contributed by atoms with van der Waals surface area (Å²) in [5, 5.41) is 6.68. The minimum Gasteiger partial charge on any atom is -0.356 e. The number of halogens is 1. The highest BCUT2D eigenvalue weighted by Gasteiger charge is 2.31. The number of rotatable bonds is 7. The molecule has 6 heteroatoms. The maximum Gasteiger partial charge on any atom is 0.243 e. The lowest BCUT2D eigenvalue weighted by Gasteiger charge is -2.28. The van der Waals surface area contributed by atoms with Crippen molar-refractivity contribution in [1.82, 2.24) is 15.5 Å². The molecule has 5 nitrogen and oxygen atoms in total. The van der Waals surface area contributed by atoms with Crippen LogP contribution in [0.5, 0.6) is 0 Å². The van der Waals surface area contributed by atoms with Crippen molar-refractivity contribution >= 4 is 35.8 Å². The van der Waals surface area contributed by atoms with Gasteiger partial charge in [0.1, 0.15) is 6.54 Å². The Morgan fingerprint density at radius 2 is 1.87 bits per heavy atom. The molecule has 1 fully saturated rings. The van der Waals surface area contributed by atoms with Crippen molar-refractivity contribution in [2.24, 2.45) is 10.4 Å². The predicted octanol–water partition coefficient (Wildman–Crippen LogP) is 2.77. The zero-order valence-electron chi connectivity index (χ0n) is 15.1. The van der Waals surface area contributed by atoms with E-state index >= 15 is 0 Å². The molecular weight excluding hydrogens is 403 g/mol. The van der Waals surface area contributed by atoms with Crippen LogP contribution in [0.15, 0.2) is 17.1 Å². The summed E-state index contributed by atoms with van der Waals surface area (Å²) in [7, 11) is 3.49. The van der Waals surface area contributed by atoms with Crippen LogP contribution in [0.2, 0.25) is 0 Å². The van der Waals surface area contributed by atoms with E-state index in [-0.39, 0.29) is 36.4 Å². The third-order valence-corrected chi connectivity index (χ3v) is 4.47. The molecule has 1 aliphatic rings. The van der Waals surface area contributed by atoms with Gasteiger partial charge in [-0.3, -0.25) is 4.79 Å². The number of nitrogens with zero attached hydrogens (tertiary/aromatic N) is 2. The number of guanidine groups is 1. The van der Waals surface area contributed by atoms with Crippen LogP contribution in [0.1, 0.15) is 46.0 Å². The van der Waals surface area contributed by atoms with Gasteiger partial charge in [-0.1, -0.05) is 31.9 Å². The summed E-state index contributed by atoms with van der Waals surface area (Å²) in [6, 6.07) is 0. The summed E-state index contributed by atoms with van der Waals surface area (Å²) < 4.78 is 0. The molecule has 0 saturated heterocycles. The van der Waals surface area contributed by atoms with Gasteiger partial charge in [-0.15, -0.1) is 24.0 Å². The van der Waals surface area contributed by atoms with Gasteiger partial charge in [-0.2, -0.15) is 0 Å². The number of carbonyl (C=O) groups is 1. The first-order valence-electron chi connectivity index (χ1n) is 8.25. The van der Waals surface area contributed by atoms with Gasteiger partial charge in [0.05, 0.1) is 0 Å². The van der Waals surface area contributed by atoms with Crippen LogP contribution in [0, 0.1) is 5.41 Å². The van der Waals surface area contributed by atoms with E-state index in [1.807, 2.05) is 6.92 Å². The SMILES string of the molecule is C=C(C)CNC(=NCC(=O)N(C)C)NCC1(CC)CCCC1.I. The third-order valence-electron chi connectivity index (χ3n) is 4.47. The van der Waals surface area contributed by atoms with Gasteiger partial charge >= 0.3 is 0 Å². The van der Waals surface area contributed by atoms with E-state index < -0.39 is 0 Å². The second kappa shape index (κ2) is 10.9. The molecule has 1 amide bonds. The first-order valence-corrected chi connectivity index (χ1v) is 8.25. The van der Waals surface area contributed by atoms with Crippen LogP contribution in [-0.4, -0.2) is 50.5 Å². The summed E-state index contributed by atoms with van der Waals surface area (Å²) in [5.74, 6) is 0.709. The van der Waals surface area contributed by atoms with E-state index in [4.69, 9.17) is 0 Å². The highest BCUT2D eigenvalue weighted by atomic mass is 127. The quantitative estimate of drug-likeness (QED) is 0.279. The molecule has 0 unspecified atom stereocenters. The molecule has 1 aliphatic carbocycles. The van der Waals surface area contributed by atoms with Gasteiger partial charge in [0.25, 0.3) is 0 Å². The van der Waals surface area contributed by atoms with Crippen molar-refractivity contribution in [1.29, 1.82) is 0 Å². The summed E-state index contributed by atoms with van der Waals surface area (Å²) in [4.78, 5) is 17.7. The Morgan fingerprint density at radius 3 is 2.35 bits per heavy atom. The molecule has 1 saturated carbocycles. The summed E-state index contributed by atoms with van der Waals surface area (Å²) in [6.45, 7) is 9.88. The van der Waals surface area contributed by atoms with Crippen molar-refractivity contribution < 1.29 is 4.79 Å². The minimum absolute atomic E-state index is 0. The highest BCUT2D eigenvalue weighted by molar-refractivity contribution is 14.0. The molecule has 0 spiro atoms. The number of hydrogen-bond acceptors (Lipinski definition) is 2. The fourth-order valence-electron chi connectivity index (χ4n) is 2.75. The van der Waals surface area contributed by atoms with Crippen LogP contribution in [0.25, 0.3) is 0 Å². The minimum atomic E-state index is 0. The average Bonchev–Trinajstić information content (AvgIpc) is 2.95. The lowest BCUT2D eigenvalue weighted by molar-refractivity contribution is -0.127. The van der Waals surface area contributed by atoms with Crippen molar-refractivity contribution in [3.8, 4) is 0 Å². The topological polar surface area (TPSA) is 56.7 Å². The Bertz CT molecular complexity index is 415. The van der Waals surface area contributed by atoms with Crippen LogP contribution in [-0.2, 0) is 4.79 Å². The van der Waals surface area contributed by atoms with Crippen LogP contribution in [0.4, 0.5) is 0 Å². The molecule has 0 radical (unpaired) electrons. The Hall–Kier alpha value is -0.790. The third kappa shape index (κ3) is 8.04. The van der Waals surface area contributed by atoms with Crippen molar-refractivity contribution in [3.05, 3.63) is 12.2 Å². The average molecular weight is 436 g/mol. The summed E-state index contributed by atoms with van der Waals surface area (Å²) in [6.07, 6.45) is 6.38. The fraction of sp³-hybridized carbons (Fsp3) is 0.765. The molecule has 0 aliphatic heterocycles. The van der Waals surface area contributed by atoms with E-state index in [9.17, 15) is 4.79 Å². The van der Waals surface area contributed by atoms with Crippen molar-refractivity contribution in [2.75, 3.05) is 33.7 Å². The molecular formula is C17H33IN4O. The first-order chi connectivity index (χ1) is 10.4. The van der Waals surface area contributed by atoms with E-state index in [0.29, 0.717) is 17.9 Å². The Kier molecular flexibility index (Phi) is 10.5. The van der Waals surface area contributed by atoms with Crippen LogP contribution >= 0.6 is 24.0 Å². The van der Waals surface area contributed by atoms with E-state index in [1.165, 1.54) is 32.1 Å². The number of amides is 1. The first kappa shape index (κ1) is 22.2. The molecule has 134 valence electrons. The number of hydrogen-bond donors (Lipinski definition) is 2. The maximum absolute atomic E-state index is 11.7. The zero-order valence-corrected chi connectivity index (χ0v) is 17.4. The van der Waals surface area contributed by atoms with Gasteiger partial charge in [0, 0.05) is 27.2 Å². The van der Waals surface area contributed by atoms with Gasteiger partial charge < -0.3 is 15.5 Å². The van der Waals surface area contributed by atoms with E-state index in [1.54, 1.807) is 19.0 Å². The standard InChI is InChI=1S/C17H32N4O.HI/c1-6-17(9-7-8-10-17)13-20-16(18-11-14(2)3)19-12-15(22)21(4)5;/h2,6-13H2,1,3-5H3,(H2,18,19,20);1H. The van der Waals surface area contributed by atoms with Crippen molar-refractivity contribution in [2.45, 2.75) is 46.0 Å². The highest BCUT2D eigenvalue weighted by Crippen LogP contribution is 2.40. The van der Waals surface area contributed by atoms with Crippen molar-refractivity contribution in [3.63, 3.8) is 0 Å². The molecule has 0 aromatic rings. The molecule has 0 aromatic carbocycles. The number of likely N-dealkylation sites (N-methyl/N-ethyl adjacent to an activating group) is 1. The normalized spacial score (nSPS) is 16.4.